The highest BCUT2D eigenvalue weighted by molar-refractivity contribution is 9.09. The topological polar surface area (TPSA) is 9.23 Å². The first kappa shape index (κ1) is 11.6. The summed E-state index contributed by atoms with van der Waals surface area (Å²) in [6.07, 6.45) is 7.82. The van der Waals surface area contributed by atoms with Gasteiger partial charge in [0, 0.05) is 11.2 Å². The molecule has 1 nitrogen and oxygen atoms in total. The van der Waals surface area contributed by atoms with Gasteiger partial charge >= 0.3 is 0 Å². The highest BCUT2D eigenvalue weighted by Gasteiger charge is 2.21. The quantitative estimate of drug-likeness (QED) is 0.550. The molecule has 92 valence electrons. The fraction of sp³-hybridized carbons (Fsp3) is 0.600. The zero-order valence-corrected chi connectivity index (χ0v) is 11.7. The third-order valence-electron chi connectivity index (χ3n) is 4.05. The molecule has 1 saturated carbocycles. The first-order valence-electron chi connectivity index (χ1n) is 6.72. The van der Waals surface area contributed by atoms with Gasteiger partial charge in [0.25, 0.3) is 0 Å². The van der Waals surface area contributed by atoms with E-state index < -0.39 is 0 Å². The van der Waals surface area contributed by atoms with E-state index >= 15 is 0 Å². The molecule has 0 N–H and O–H groups in total. The van der Waals surface area contributed by atoms with Gasteiger partial charge in [-0.3, -0.25) is 0 Å². The molecule has 1 aromatic rings. The van der Waals surface area contributed by atoms with Crippen LogP contribution in [0.5, 0.6) is 5.75 Å². The van der Waals surface area contributed by atoms with Crippen LogP contribution >= 0.6 is 15.9 Å². The molecule has 2 atom stereocenters. The van der Waals surface area contributed by atoms with Gasteiger partial charge in [-0.15, -0.1) is 0 Å². The minimum atomic E-state index is 0.708. The predicted octanol–water partition coefficient (Wildman–Crippen LogP) is 4.43. The number of alkyl halides is 1. The summed E-state index contributed by atoms with van der Waals surface area (Å²) in [5, 5.41) is 0. The van der Waals surface area contributed by atoms with Crippen molar-refractivity contribution < 1.29 is 4.74 Å². The van der Waals surface area contributed by atoms with Crippen LogP contribution in [0.2, 0.25) is 0 Å². The lowest BCUT2D eigenvalue weighted by Crippen LogP contribution is -2.04. The van der Waals surface area contributed by atoms with Crippen molar-refractivity contribution >= 4 is 15.9 Å². The number of fused-ring (bicyclic) bond motifs is 1. The van der Waals surface area contributed by atoms with Crippen molar-refractivity contribution in [2.24, 2.45) is 0 Å². The van der Waals surface area contributed by atoms with E-state index in [1.54, 1.807) is 0 Å². The van der Waals surface area contributed by atoms with Gasteiger partial charge in [0.05, 0.1) is 6.61 Å². The molecular formula is C15H19BrO. The van der Waals surface area contributed by atoms with E-state index in [-0.39, 0.29) is 0 Å². The molecule has 0 aromatic heterocycles. The molecule has 17 heavy (non-hydrogen) atoms. The first-order chi connectivity index (χ1) is 8.33. The maximum atomic E-state index is 5.58. The van der Waals surface area contributed by atoms with Crippen LogP contribution in [0.1, 0.15) is 49.1 Å². The summed E-state index contributed by atoms with van der Waals surface area (Å²) < 4.78 is 5.58. The molecule has 2 unspecified atom stereocenters. The minimum absolute atomic E-state index is 0.708. The molecule has 0 radical (unpaired) electrons. The Morgan fingerprint density at radius 3 is 3.00 bits per heavy atom. The van der Waals surface area contributed by atoms with Crippen molar-refractivity contribution in [2.75, 3.05) is 6.61 Å². The molecule has 1 aliphatic heterocycles. The average Bonchev–Trinajstić information content (AvgIpc) is 2.69. The maximum Gasteiger partial charge on any atom is 0.122 e. The summed E-state index contributed by atoms with van der Waals surface area (Å²) in [7, 11) is 0. The Morgan fingerprint density at radius 1 is 1.18 bits per heavy atom. The second-order valence-electron chi connectivity index (χ2n) is 5.28. The van der Waals surface area contributed by atoms with Crippen LogP contribution in [0.25, 0.3) is 0 Å². The molecule has 0 spiro atoms. The predicted molar refractivity (Wildman–Crippen MR) is 74.2 cm³/mol. The Kier molecular flexibility index (Phi) is 3.41. The SMILES string of the molecule is BrC1CCCCC(c2ccc3c(c2)CCO3)C1. The van der Waals surface area contributed by atoms with Gasteiger partial charge in [-0.05, 0) is 42.4 Å². The van der Waals surface area contributed by atoms with Gasteiger partial charge in [0.1, 0.15) is 5.75 Å². The molecule has 1 heterocycles. The molecule has 1 aromatic carbocycles. The number of rotatable bonds is 1. The summed E-state index contributed by atoms with van der Waals surface area (Å²) in [6, 6.07) is 6.84. The average molecular weight is 295 g/mol. The lowest BCUT2D eigenvalue weighted by molar-refractivity contribution is 0.356. The number of hydrogen-bond acceptors (Lipinski definition) is 1. The maximum absolute atomic E-state index is 5.58. The molecular weight excluding hydrogens is 276 g/mol. The number of ether oxygens (including phenoxy) is 1. The first-order valence-corrected chi connectivity index (χ1v) is 7.64. The highest BCUT2D eigenvalue weighted by Crippen LogP contribution is 2.37. The van der Waals surface area contributed by atoms with E-state index in [0.717, 1.165) is 24.7 Å². The molecule has 0 saturated heterocycles. The Morgan fingerprint density at radius 2 is 2.06 bits per heavy atom. The van der Waals surface area contributed by atoms with Gasteiger partial charge in [-0.1, -0.05) is 40.9 Å². The van der Waals surface area contributed by atoms with Gasteiger partial charge < -0.3 is 4.74 Å². The highest BCUT2D eigenvalue weighted by atomic mass is 79.9. The third kappa shape index (κ3) is 2.52. The van der Waals surface area contributed by atoms with Gasteiger partial charge in [-0.2, -0.15) is 0 Å². The van der Waals surface area contributed by atoms with Crippen LogP contribution < -0.4 is 4.74 Å². The molecule has 1 aliphatic carbocycles. The van der Waals surface area contributed by atoms with Crippen LogP contribution in [-0.2, 0) is 6.42 Å². The van der Waals surface area contributed by atoms with Crippen molar-refractivity contribution in [1.29, 1.82) is 0 Å². The Hall–Kier alpha value is -0.500. The number of benzene rings is 1. The lowest BCUT2D eigenvalue weighted by atomic mass is 9.90. The van der Waals surface area contributed by atoms with E-state index in [1.807, 2.05) is 0 Å². The summed E-state index contributed by atoms with van der Waals surface area (Å²) in [6.45, 7) is 0.866. The molecule has 2 heteroatoms. The summed E-state index contributed by atoms with van der Waals surface area (Å²) in [5.41, 5.74) is 2.94. The largest absolute Gasteiger partial charge is 0.493 e. The number of halogens is 1. The normalized spacial score (nSPS) is 28.3. The van der Waals surface area contributed by atoms with Crippen molar-refractivity contribution in [3.8, 4) is 5.75 Å². The van der Waals surface area contributed by atoms with Crippen molar-refractivity contribution in [3.63, 3.8) is 0 Å². The monoisotopic (exact) mass is 294 g/mol. The van der Waals surface area contributed by atoms with Crippen molar-refractivity contribution in [3.05, 3.63) is 29.3 Å². The van der Waals surface area contributed by atoms with E-state index in [0.29, 0.717) is 4.83 Å². The van der Waals surface area contributed by atoms with Crippen LogP contribution in [-0.4, -0.2) is 11.4 Å². The summed E-state index contributed by atoms with van der Waals surface area (Å²) in [4.78, 5) is 0.708. The van der Waals surface area contributed by atoms with Crippen LogP contribution in [0.4, 0.5) is 0 Å². The fourth-order valence-corrected chi connectivity index (χ4v) is 3.84. The van der Waals surface area contributed by atoms with E-state index in [9.17, 15) is 0 Å². The molecule has 0 bridgehead atoms. The Balaban J connectivity index is 1.82. The van der Waals surface area contributed by atoms with Gasteiger partial charge in [0.2, 0.25) is 0 Å². The lowest BCUT2D eigenvalue weighted by Gasteiger charge is -2.17. The standard InChI is InChI=1S/C15H19BrO/c16-14-4-2-1-3-11(10-14)12-5-6-15-13(9-12)7-8-17-15/h5-6,9,11,14H,1-4,7-8,10H2. The second-order valence-corrected chi connectivity index (χ2v) is 6.57. The molecule has 3 rings (SSSR count). The molecule has 0 amide bonds. The zero-order valence-electron chi connectivity index (χ0n) is 10.1. The van der Waals surface area contributed by atoms with E-state index in [2.05, 4.69) is 34.1 Å². The van der Waals surface area contributed by atoms with Crippen molar-refractivity contribution in [2.45, 2.75) is 49.3 Å². The minimum Gasteiger partial charge on any atom is -0.493 e. The second kappa shape index (κ2) is 5.01. The zero-order chi connectivity index (χ0) is 11.7. The Labute approximate surface area is 112 Å². The summed E-state index contributed by atoms with van der Waals surface area (Å²) in [5.74, 6) is 1.85. The van der Waals surface area contributed by atoms with E-state index in [4.69, 9.17) is 4.74 Å². The third-order valence-corrected chi connectivity index (χ3v) is 4.88. The van der Waals surface area contributed by atoms with E-state index in [1.165, 1.54) is 43.2 Å². The smallest absolute Gasteiger partial charge is 0.122 e. The van der Waals surface area contributed by atoms with Crippen LogP contribution in [0, 0.1) is 0 Å². The molecule has 2 aliphatic rings. The fourth-order valence-electron chi connectivity index (χ4n) is 3.06. The Bertz CT molecular complexity index is 402. The van der Waals surface area contributed by atoms with Crippen LogP contribution in [0.15, 0.2) is 18.2 Å². The molecule has 1 fully saturated rings. The van der Waals surface area contributed by atoms with Crippen molar-refractivity contribution in [1.82, 2.24) is 0 Å². The number of hydrogen-bond donors (Lipinski definition) is 0. The van der Waals surface area contributed by atoms with Gasteiger partial charge in [-0.25, -0.2) is 0 Å². The summed E-state index contributed by atoms with van der Waals surface area (Å²) >= 11 is 3.81. The van der Waals surface area contributed by atoms with Crippen LogP contribution in [0.3, 0.4) is 0 Å². The van der Waals surface area contributed by atoms with Gasteiger partial charge in [0.15, 0.2) is 0 Å².